The predicted molar refractivity (Wildman–Crippen MR) is 50.1 cm³/mol. The lowest BCUT2D eigenvalue weighted by molar-refractivity contribution is 1.03. The highest BCUT2D eigenvalue weighted by molar-refractivity contribution is 9.10. The minimum absolute atomic E-state index is 0.180. The van der Waals surface area contributed by atoms with Crippen LogP contribution in [0.4, 0.5) is 0 Å². The molecule has 0 spiro atoms. The van der Waals surface area contributed by atoms with Crippen molar-refractivity contribution in [3.63, 3.8) is 0 Å². The van der Waals surface area contributed by atoms with Crippen molar-refractivity contribution < 1.29 is 0 Å². The van der Waals surface area contributed by atoms with Crippen molar-refractivity contribution in [2.24, 2.45) is 0 Å². The summed E-state index contributed by atoms with van der Waals surface area (Å²) < 4.78 is 0.947. The average molecular weight is 225 g/mol. The molecule has 2 rings (SSSR count). The summed E-state index contributed by atoms with van der Waals surface area (Å²) in [4.78, 5) is 10.9. The van der Waals surface area contributed by atoms with Crippen molar-refractivity contribution in [3.8, 4) is 0 Å². The molecule has 1 aromatic heterocycles. The molecule has 2 aromatic rings. The van der Waals surface area contributed by atoms with Gasteiger partial charge in [-0.05, 0) is 18.2 Å². The van der Waals surface area contributed by atoms with Crippen LogP contribution in [0.2, 0.25) is 0 Å². The number of aromatic amines is 1. The number of hydrogen-bond acceptors (Lipinski definition) is 2. The maximum atomic E-state index is 10.9. The third-order valence-electron chi connectivity index (χ3n) is 1.56. The Kier molecular flexibility index (Phi) is 1.69. The van der Waals surface area contributed by atoms with E-state index in [2.05, 4.69) is 26.1 Å². The van der Waals surface area contributed by atoms with Gasteiger partial charge in [-0.15, -0.1) is 0 Å². The van der Waals surface area contributed by atoms with E-state index in [4.69, 9.17) is 0 Å². The Labute approximate surface area is 76.5 Å². The van der Waals surface area contributed by atoms with Crippen molar-refractivity contribution in [3.05, 3.63) is 39.1 Å². The molecule has 1 heterocycles. The Balaban J connectivity index is 2.89. The molecular weight excluding hydrogens is 220 g/mol. The third-order valence-corrected chi connectivity index (χ3v) is 2.06. The number of H-pyrrole nitrogens is 1. The number of nitrogens with one attached hydrogen (secondary N) is 1. The van der Waals surface area contributed by atoms with Crippen LogP contribution < -0.4 is 5.56 Å². The van der Waals surface area contributed by atoms with Crippen LogP contribution >= 0.6 is 15.9 Å². The van der Waals surface area contributed by atoms with Crippen LogP contribution in [0.15, 0.2) is 33.5 Å². The maximum Gasteiger partial charge on any atom is 0.264 e. The highest BCUT2D eigenvalue weighted by Crippen LogP contribution is 2.15. The smallest absolute Gasteiger partial charge is 0.264 e. The van der Waals surface area contributed by atoms with Crippen molar-refractivity contribution >= 4 is 26.8 Å². The second-order valence-corrected chi connectivity index (χ2v) is 3.35. The first-order chi connectivity index (χ1) is 5.75. The van der Waals surface area contributed by atoms with Gasteiger partial charge in [0.1, 0.15) is 0 Å². The highest BCUT2D eigenvalue weighted by atomic mass is 79.9. The largest absolute Gasteiger partial charge is 0.268 e. The molecule has 12 heavy (non-hydrogen) atoms. The second-order valence-electron chi connectivity index (χ2n) is 2.44. The van der Waals surface area contributed by atoms with Gasteiger partial charge in [0.05, 0.1) is 5.52 Å². The molecule has 3 nitrogen and oxygen atoms in total. The Morgan fingerprint density at radius 1 is 1.33 bits per heavy atom. The summed E-state index contributed by atoms with van der Waals surface area (Å²) in [6.45, 7) is 0. The van der Waals surface area contributed by atoms with Gasteiger partial charge in [0.25, 0.3) is 5.56 Å². The monoisotopic (exact) mass is 224 g/mol. The second kappa shape index (κ2) is 2.71. The quantitative estimate of drug-likeness (QED) is 0.741. The summed E-state index contributed by atoms with van der Waals surface area (Å²) in [7, 11) is 0. The lowest BCUT2D eigenvalue weighted by Gasteiger charge is -1.94. The number of benzene rings is 1. The topological polar surface area (TPSA) is 45.8 Å². The first-order valence-corrected chi connectivity index (χ1v) is 4.20. The van der Waals surface area contributed by atoms with Crippen molar-refractivity contribution in [1.82, 2.24) is 10.2 Å². The van der Waals surface area contributed by atoms with Crippen LogP contribution in [-0.4, -0.2) is 10.2 Å². The average Bonchev–Trinajstić information content (AvgIpc) is 2.03. The normalized spacial score (nSPS) is 10.4. The number of hydrogen-bond donors (Lipinski definition) is 1. The fourth-order valence-corrected chi connectivity index (χ4v) is 1.41. The van der Waals surface area contributed by atoms with Crippen molar-refractivity contribution in [1.29, 1.82) is 0 Å². The lowest BCUT2D eigenvalue weighted by atomic mass is 10.2. The number of halogens is 1. The molecule has 1 N–H and O–H groups in total. The molecule has 60 valence electrons. The molecule has 0 bridgehead atoms. The third kappa shape index (κ3) is 1.25. The van der Waals surface area contributed by atoms with Crippen molar-refractivity contribution in [2.45, 2.75) is 0 Å². The van der Waals surface area contributed by atoms with Crippen LogP contribution in [0.5, 0.6) is 0 Å². The first-order valence-electron chi connectivity index (χ1n) is 3.41. The van der Waals surface area contributed by atoms with Crippen LogP contribution in [0.1, 0.15) is 0 Å². The molecule has 4 heteroatoms. The van der Waals surface area contributed by atoms with E-state index in [0.29, 0.717) is 0 Å². The van der Waals surface area contributed by atoms with Crippen LogP contribution in [0.3, 0.4) is 0 Å². The molecule has 0 amide bonds. The standard InChI is InChI=1S/C8H5BrN2O/c9-6-1-2-7-5(3-6)4-8(12)11-10-7/h1-4H,(H,11,12). The summed E-state index contributed by atoms with van der Waals surface area (Å²) in [6.07, 6.45) is 0. The van der Waals surface area contributed by atoms with E-state index >= 15 is 0 Å². The number of nitrogens with zero attached hydrogens (tertiary/aromatic N) is 1. The van der Waals surface area contributed by atoms with Gasteiger partial charge in [-0.1, -0.05) is 15.9 Å². The van der Waals surface area contributed by atoms with E-state index in [-0.39, 0.29) is 5.56 Å². The van der Waals surface area contributed by atoms with Gasteiger partial charge in [0.15, 0.2) is 0 Å². The van der Waals surface area contributed by atoms with Gasteiger partial charge in [-0.25, -0.2) is 5.10 Å². The van der Waals surface area contributed by atoms with Gasteiger partial charge < -0.3 is 0 Å². The maximum absolute atomic E-state index is 10.9. The van der Waals surface area contributed by atoms with E-state index in [0.717, 1.165) is 15.4 Å². The van der Waals surface area contributed by atoms with Gasteiger partial charge in [0, 0.05) is 15.9 Å². The van der Waals surface area contributed by atoms with Crippen LogP contribution in [0.25, 0.3) is 10.9 Å². The van der Waals surface area contributed by atoms with Gasteiger partial charge in [-0.2, -0.15) is 5.10 Å². The Hall–Kier alpha value is -1.16. The summed E-state index contributed by atoms with van der Waals surface area (Å²) in [5.74, 6) is 0. The number of fused-ring (bicyclic) bond motifs is 1. The lowest BCUT2D eigenvalue weighted by Crippen LogP contribution is -2.05. The molecule has 0 saturated carbocycles. The van der Waals surface area contributed by atoms with Crippen LogP contribution in [0, 0.1) is 0 Å². The van der Waals surface area contributed by atoms with E-state index in [1.165, 1.54) is 6.07 Å². The van der Waals surface area contributed by atoms with E-state index < -0.39 is 0 Å². The number of aromatic nitrogens is 2. The van der Waals surface area contributed by atoms with Gasteiger partial charge in [-0.3, -0.25) is 4.79 Å². The molecular formula is C8H5BrN2O. The first kappa shape index (κ1) is 7.49. The molecule has 0 saturated heterocycles. The van der Waals surface area contributed by atoms with Gasteiger partial charge >= 0.3 is 0 Å². The SMILES string of the molecule is O=c1cc2cc(Br)ccc2n[nH]1. The van der Waals surface area contributed by atoms with Crippen LogP contribution in [-0.2, 0) is 0 Å². The molecule has 0 aliphatic carbocycles. The molecule has 0 radical (unpaired) electrons. The summed E-state index contributed by atoms with van der Waals surface area (Å²) in [5, 5.41) is 7.08. The zero-order valence-corrected chi connectivity index (χ0v) is 7.63. The van der Waals surface area contributed by atoms with E-state index in [9.17, 15) is 4.79 Å². The summed E-state index contributed by atoms with van der Waals surface area (Å²) in [6, 6.07) is 7.10. The molecule has 0 fully saturated rings. The minimum atomic E-state index is -0.180. The zero-order chi connectivity index (χ0) is 8.55. The Morgan fingerprint density at radius 2 is 2.17 bits per heavy atom. The summed E-state index contributed by atoms with van der Waals surface area (Å²) >= 11 is 3.32. The fraction of sp³-hybridized carbons (Fsp3) is 0. The molecule has 0 aliphatic heterocycles. The predicted octanol–water partition coefficient (Wildman–Crippen LogP) is 1.69. The minimum Gasteiger partial charge on any atom is -0.268 e. The molecule has 1 aromatic carbocycles. The van der Waals surface area contributed by atoms with E-state index in [1.807, 2.05) is 18.2 Å². The molecule has 0 unspecified atom stereocenters. The Morgan fingerprint density at radius 3 is 3.00 bits per heavy atom. The fourth-order valence-electron chi connectivity index (χ4n) is 1.03. The summed E-state index contributed by atoms with van der Waals surface area (Å²) in [5.41, 5.74) is 0.610. The molecule has 0 atom stereocenters. The van der Waals surface area contributed by atoms with Crippen molar-refractivity contribution in [2.75, 3.05) is 0 Å². The highest BCUT2D eigenvalue weighted by Gasteiger charge is 1.95. The number of rotatable bonds is 0. The Bertz CT molecular complexity index is 478. The molecule has 0 aliphatic rings. The van der Waals surface area contributed by atoms with Gasteiger partial charge in [0.2, 0.25) is 0 Å². The zero-order valence-electron chi connectivity index (χ0n) is 6.04. The van der Waals surface area contributed by atoms with E-state index in [1.54, 1.807) is 0 Å².